The number of rotatable bonds is 0. The standard InChI is InChI=1S/C15H13Br/c1-9-7-13-12-6-4-3-5-11(12)8-14(13)15(16)10(9)2/h3-7H,8H2,1-2H3. The molecule has 0 aromatic heterocycles. The minimum Gasteiger partial charge on any atom is -0.0619 e. The second-order valence-electron chi connectivity index (χ2n) is 4.49. The number of hydrogen-bond donors (Lipinski definition) is 0. The third-order valence-corrected chi connectivity index (χ3v) is 4.62. The number of hydrogen-bond acceptors (Lipinski definition) is 0. The second-order valence-corrected chi connectivity index (χ2v) is 5.29. The number of fused-ring (bicyclic) bond motifs is 3. The van der Waals surface area contributed by atoms with Gasteiger partial charge in [0.1, 0.15) is 0 Å². The lowest BCUT2D eigenvalue weighted by Crippen LogP contribution is -1.90. The van der Waals surface area contributed by atoms with Crippen molar-refractivity contribution in [3.05, 3.63) is 57.1 Å². The molecule has 0 atom stereocenters. The van der Waals surface area contributed by atoms with Crippen molar-refractivity contribution >= 4 is 15.9 Å². The van der Waals surface area contributed by atoms with Crippen LogP contribution in [0.15, 0.2) is 34.8 Å². The summed E-state index contributed by atoms with van der Waals surface area (Å²) in [7, 11) is 0. The van der Waals surface area contributed by atoms with Gasteiger partial charge < -0.3 is 0 Å². The van der Waals surface area contributed by atoms with Crippen molar-refractivity contribution in [3.8, 4) is 11.1 Å². The van der Waals surface area contributed by atoms with Gasteiger partial charge in [-0.05, 0) is 53.6 Å². The highest BCUT2D eigenvalue weighted by Gasteiger charge is 2.21. The molecule has 0 heterocycles. The average molecular weight is 273 g/mol. The Kier molecular flexibility index (Phi) is 2.18. The Morgan fingerprint density at radius 3 is 2.62 bits per heavy atom. The predicted molar refractivity (Wildman–Crippen MR) is 71.9 cm³/mol. The van der Waals surface area contributed by atoms with Crippen molar-refractivity contribution in [1.29, 1.82) is 0 Å². The molecular formula is C15H13Br. The molecule has 3 rings (SSSR count). The molecule has 0 unspecified atom stereocenters. The maximum absolute atomic E-state index is 3.74. The SMILES string of the molecule is Cc1cc2c(c(Br)c1C)Cc1ccccc1-2. The first-order chi connectivity index (χ1) is 7.68. The van der Waals surface area contributed by atoms with Crippen LogP contribution in [0.3, 0.4) is 0 Å². The van der Waals surface area contributed by atoms with Gasteiger partial charge in [0.05, 0.1) is 0 Å². The molecule has 0 radical (unpaired) electrons. The van der Waals surface area contributed by atoms with Gasteiger partial charge in [0.2, 0.25) is 0 Å². The zero-order valence-corrected chi connectivity index (χ0v) is 11.1. The van der Waals surface area contributed by atoms with E-state index in [0.717, 1.165) is 6.42 Å². The molecule has 0 bridgehead atoms. The largest absolute Gasteiger partial charge is 0.0619 e. The first kappa shape index (κ1) is 10.1. The molecule has 1 aliphatic rings. The van der Waals surface area contributed by atoms with Crippen LogP contribution < -0.4 is 0 Å². The summed E-state index contributed by atoms with van der Waals surface area (Å²) >= 11 is 3.74. The molecule has 0 aliphatic heterocycles. The summed E-state index contributed by atoms with van der Waals surface area (Å²) in [5.41, 5.74) is 8.44. The molecule has 2 aromatic carbocycles. The van der Waals surface area contributed by atoms with Gasteiger partial charge in [0, 0.05) is 4.47 Å². The van der Waals surface area contributed by atoms with E-state index >= 15 is 0 Å². The fourth-order valence-corrected chi connectivity index (χ4v) is 3.14. The van der Waals surface area contributed by atoms with Gasteiger partial charge in [-0.3, -0.25) is 0 Å². The minimum absolute atomic E-state index is 1.06. The summed E-state index contributed by atoms with van der Waals surface area (Å²) in [6, 6.07) is 11.0. The molecule has 0 spiro atoms. The molecule has 16 heavy (non-hydrogen) atoms. The molecule has 0 N–H and O–H groups in total. The van der Waals surface area contributed by atoms with Crippen LogP contribution >= 0.6 is 15.9 Å². The Morgan fingerprint density at radius 1 is 1.06 bits per heavy atom. The van der Waals surface area contributed by atoms with Gasteiger partial charge in [0.15, 0.2) is 0 Å². The monoisotopic (exact) mass is 272 g/mol. The molecule has 2 aromatic rings. The van der Waals surface area contributed by atoms with E-state index in [1.165, 1.54) is 37.9 Å². The molecule has 0 amide bonds. The van der Waals surface area contributed by atoms with Crippen molar-refractivity contribution in [3.63, 3.8) is 0 Å². The van der Waals surface area contributed by atoms with Crippen molar-refractivity contribution in [2.45, 2.75) is 20.3 Å². The van der Waals surface area contributed by atoms with Crippen molar-refractivity contribution in [2.75, 3.05) is 0 Å². The highest BCUT2D eigenvalue weighted by atomic mass is 79.9. The maximum Gasteiger partial charge on any atom is 0.0248 e. The molecule has 1 heteroatoms. The molecule has 0 nitrogen and oxygen atoms in total. The zero-order valence-electron chi connectivity index (χ0n) is 9.47. The van der Waals surface area contributed by atoms with Crippen LogP contribution in [0.2, 0.25) is 0 Å². The van der Waals surface area contributed by atoms with E-state index in [4.69, 9.17) is 0 Å². The fraction of sp³-hybridized carbons (Fsp3) is 0.200. The minimum atomic E-state index is 1.06. The highest BCUT2D eigenvalue weighted by molar-refractivity contribution is 9.10. The topological polar surface area (TPSA) is 0 Å². The molecule has 80 valence electrons. The third kappa shape index (κ3) is 1.28. The van der Waals surface area contributed by atoms with Gasteiger partial charge in [0.25, 0.3) is 0 Å². The van der Waals surface area contributed by atoms with Gasteiger partial charge in [-0.1, -0.05) is 46.3 Å². The first-order valence-corrected chi connectivity index (χ1v) is 6.34. The van der Waals surface area contributed by atoms with Gasteiger partial charge >= 0.3 is 0 Å². The van der Waals surface area contributed by atoms with E-state index in [-0.39, 0.29) is 0 Å². The zero-order chi connectivity index (χ0) is 11.3. The van der Waals surface area contributed by atoms with Crippen LogP contribution in [-0.4, -0.2) is 0 Å². The van der Waals surface area contributed by atoms with Crippen LogP contribution in [0.1, 0.15) is 22.3 Å². The van der Waals surface area contributed by atoms with E-state index in [1.54, 1.807) is 0 Å². The molecule has 0 fully saturated rings. The van der Waals surface area contributed by atoms with E-state index in [2.05, 4.69) is 60.1 Å². The Balaban J connectivity index is 2.34. The Bertz CT molecular complexity index is 582. The average Bonchev–Trinajstić information content (AvgIpc) is 2.65. The first-order valence-electron chi connectivity index (χ1n) is 5.55. The van der Waals surface area contributed by atoms with Crippen molar-refractivity contribution < 1.29 is 0 Å². The normalized spacial score (nSPS) is 12.4. The number of aryl methyl sites for hydroxylation is 1. The number of benzene rings is 2. The third-order valence-electron chi connectivity index (χ3n) is 3.55. The van der Waals surface area contributed by atoms with Gasteiger partial charge in [-0.15, -0.1) is 0 Å². The van der Waals surface area contributed by atoms with Gasteiger partial charge in [-0.25, -0.2) is 0 Å². The quantitative estimate of drug-likeness (QED) is 0.560. The highest BCUT2D eigenvalue weighted by Crippen LogP contribution is 2.42. The Morgan fingerprint density at radius 2 is 1.81 bits per heavy atom. The molecule has 1 aliphatic carbocycles. The van der Waals surface area contributed by atoms with E-state index in [1.807, 2.05) is 0 Å². The lowest BCUT2D eigenvalue weighted by atomic mass is 10.00. The number of halogens is 1. The van der Waals surface area contributed by atoms with Crippen molar-refractivity contribution in [2.24, 2.45) is 0 Å². The summed E-state index contributed by atoms with van der Waals surface area (Å²) in [5.74, 6) is 0. The van der Waals surface area contributed by atoms with E-state index in [0.29, 0.717) is 0 Å². The summed E-state index contributed by atoms with van der Waals surface area (Å²) in [5, 5.41) is 0. The van der Waals surface area contributed by atoms with E-state index < -0.39 is 0 Å². The molecule has 0 saturated carbocycles. The molecular weight excluding hydrogens is 260 g/mol. The van der Waals surface area contributed by atoms with Crippen LogP contribution in [0.5, 0.6) is 0 Å². The van der Waals surface area contributed by atoms with Gasteiger partial charge in [-0.2, -0.15) is 0 Å². The Hall–Kier alpha value is -1.08. The lowest BCUT2D eigenvalue weighted by Gasteiger charge is -2.09. The van der Waals surface area contributed by atoms with Crippen molar-refractivity contribution in [1.82, 2.24) is 0 Å². The van der Waals surface area contributed by atoms with Crippen LogP contribution in [0.25, 0.3) is 11.1 Å². The fourth-order valence-electron chi connectivity index (χ4n) is 2.47. The maximum atomic E-state index is 3.74. The summed E-state index contributed by atoms with van der Waals surface area (Å²) in [4.78, 5) is 0. The van der Waals surface area contributed by atoms with Crippen LogP contribution in [0, 0.1) is 13.8 Å². The summed E-state index contributed by atoms with van der Waals surface area (Å²) < 4.78 is 1.29. The van der Waals surface area contributed by atoms with E-state index in [9.17, 15) is 0 Å². The summed E-state index contributed by atoms with van der Waals surface area (Å²) in [6.07, 6.45) is 1.06. The lowest BCUT2D eigenvalue weighted by molar-refractivity contribution is 1.21. The smallest absolute Gasteiger partial charge is 0.0248 e. The molecule has 0 saturated heterocycles. The van der Waals surface area contributed by atoms with Crippen LogP contribution in [-0.2, 0) is 6.42 Å². The second kappa shape index (κ2) is 3.46. The Labute approximate surface area is 104 Å². The summed E-state index contributed by atoms with van der Waals surface area (Å²) in [6.45, 7) is 4.37. The predicted octanol–water partition coefficient (Wildman–Crippen LogP) is 4.64. The van der Waals surface area contributed by atoms with Crippen LogP contribution in [0.4, 0.5) is 0 Å².